The molecule has 10 heteroatoms. The molecule has 0 saturated heterocycles. The largest absolute Gasteiger partial charge is 0.573 e. The molecule has 1 saturated carbocycles. The Morgan fingerprint density at radius 3 is 2.36 bits per heavy atom. The second kappa shape index (κ2) is 7.55. The van der Waals surface area contributed by atoms with Gasteiger partial charge in [0.1, 0.15) is 17.1 Å². The van der Waals surface area contributed by atoms with Crippen molar-refractivity contribution in [2.45, 2.75) is 24.8 Å². The first-order chi connectivity index (χ1) is 13.2. The topological polar surface area (TPSA) is 101 Å². The Kier molecular flexibility index (Phi) is 5.32. The Morgan fingerprint density at radius 1 is 1.14 bits per heavy atom. The van der Waals surface area contributed by atoms with E-state index in [1.54, 1.807) is 12.1 Å². The van der Waals surface area contributed by atoms with Crippen LogP contribution < -0.4 is 15.4 Å². The molecule has 7 nitrogen and oxygen atoms in total. The van der Waals surface area contributed by atoms with Gasteiger partial charge in [0.05, 0.1) is 12.8 Å². The maximum absolute atomic E-state index is 12.1. The summed E-state index contributed by atoms with van der Waals surface area (Å²) in [5, 5.41) is 15.4. The first kappa shape index (κ1) is 19.7. The maximum atomic E-state index is 12.1. The van der Waals surface area contributed by atoms with Gasteiger partial charge >= 0.3 is 18.2 Å². The van der Waals surface area contributed by atoms with Gasteiger partial charge in [-0.15, -0.1) is 13.2 Å². The van der Waals surface area contributed by atoms with Gasteiger partial charge in [0, 0.05) is 5.69 Å². The molecule has 0 aliphatic heterocycles. The Morgan fingerprint density at radius 2 is 1.82 bits per heavy atom. The van der Waals surface area contributed by atoms with Gasteiger partial charge in [-0.05, 0) is 55.2 Å². The molecular formula is C18H17F3N2O5. The standard InChI is InChI=1S/C18H17F3N2O5/c19-18(20,21)28-13-7-5-12(6-8-13)23-16(25)15(24)22-10-17(26,11-3-4-11)14-2-1-9-27-14/h1-2,5-9,11,26H,3-4,10H2,(H,22,24)(H,23,25)/t17-/m1/s1. The number of nitrogens with one attached hydrogen (secondary N) is 2. The molecule has 1 fully saturated rings. The molecule has 3 N–H and O–H groups in total. The SMILES string of the molecule is O=C(NC[C@](O)(c1ccco1)C1CC1)C(=O)Nc1ccc(OC(F)(F)F)cc1. The number of rotatable bonds is 6. The van der Waals surface area contributed by atoms with Crippen LogP contribution in [0.1, 0.15) is 18.6 Å². The lowest BCUT2D eigenvalue weighted by atomic mass is 9.94. The van der Waals surface area contributed by atoms with Crippen LogP contribution in [0.15, 0.2) is 47.1 Å². The minimum atomic E-state index is -4.82. The molecule has 1 aliphatic carbocycles. The number of halogens is 3. The number of furan rings is 1. The number of benzene rings is 1. The van der Waals surface area contributed by atoms with Crippen LogP contribution >= 0.6 is 0 Å². The molecule has 3 rings (SSSR count). The fourth-order valence-corrected chi connectivity index (χ4v) is 2.74. The van der Waals surface area contributed by atoms with E-state index in [4.69, 9.17) is 4.42 Å². The summed E-state index contributed by atoms with van der Waals surface area (Å²) in [5.41, 5.74) is -1.30. The molecule has 1 aliphatic rings. The van der Waals surface area contributed by atoms with Crippen molar-refractivity contribution in [1.29, 1.82) is 0 Å². The second-order valence-electron chi connectivity index (χ2n) is 6.38. The zero-order valence-corrected chi connectivity index (χ0v) is 14.5. The fourth-order valence-electron chi connectivity index (χ4n) is 2.74. The third-order valence-corrected chi connectivity index (χ3v) is 4.27. The van der Waals surface area contributed by atoms with E-state index in [0.717, 1.165) is 37.1 Å². The van der Waals surface area contributed by atoms with E-state index in [0.29, 0.717) is 5.76 Å². The molecule has 1 aromatic heterocycles. The number of amides is 2. The van der Waals surface area contributed by atoms with E-state index in [2.05, 4.69) is 15.4 Å². The summed E-state index contributed by atoms with van der Waals surface area (Å²) in [6.07, 6.45) is -1.88. The lowest BCUT2D eigenvalue weighted by molar-refractivity contribution is -0.274. The van der Waals surface area contributed by atoms with Crippen molar-refractivity contribution in [3.05, 3.63) is 48.4 Å². The second-order valence-corrected chi connectivity index (χ2v) is 6.38. The van der Waals surface area contributed by atoms with Gasteiger partial charge in [0.25, 0.3) is 0 Å². The number of hydrogen-bond acceptors (Lipinski definition) is 5. The quantitative estimate of drug-likeness (QED) is 0.650. The van der Waals surface area contributed by atoms with Crippen LogP contribution in [0.2, 0.25) is 0 Å². The Balaban J connectivity index is 1.55. The summed E-state index contributed by atoms with van der Waals surface area (Å²) in [5.74, 6) is -2.26. The predicted molar refractivity (Wildman–Crippen MR) is 90.1 cm³/mol. The van der Waals surface area contributed by atoms with Crippen LogP contribution in [0.3, 0.4) is 0 Å². The monoisotopic (exact) mass is 398 g/mol. The lowest BCUT2D eigenvalue weighted by Gasteiger charge is -2.26. The van der Waals surface area contributed by atoms with Crippen LogP contribution in [0.25, 0.3) is 0 Å². The van der Waals surface area contributed by atoms with Crippen molar-refractivity contribution in [2.24, 2.45) is 5.92 Å². The van der Waals surface area contributed by atoms with E-state index < -0.39 is 29.5 Å². The molecule has 1 heterocycles. The smallest absolute Gasteiger partial charge is 0.466 e. The average Bonchev–Trinajstić information content (AvgIpc) is 3.34. The van der Waals surface area contributed by atoms with Crippen molar-refractivity contribution in [1.82, 2.24) is 5.32 Å². The Hall–Kier alpha value is -3.01. The minimum Gasteiger partial charge on any atom is -0.466 e. The molecule has 0 bridgehead atoms. The van der Waals surface area contributed by atoms with Crippen molar-refractivity contribution in [3.8, 4) is 5.75 Å². The summed E-state index contributed by atoms with van der Waals surface area (Å²) >= 11 is 0. The van der Waals surface area contributed by atoms with Crippen LogP contribution in [0.5, 0.6) is 5.75 Å². The van der Waals surface area contributed by atoms with E-state index in [-0.39, 0.29) is 18.2 Å². The number of alkyl halides is 3. The third-order valence-electron chi connectivity index (χ3n) is 4.27. The lowest BCUT2D eigenvalue weighted by Crippen LogP contribution is -2.45. The molecular weight excluding hydrogens is 381 g/mol. The van der Waals surface area contributed by atoms with Crippen molar-refractivity contribution in [2.75, 3.05) is 11.9 Å². The molecule has 0 unspecified atom stereocenters. The Labute approximate surface area is 157 Å². The van der Waals surface area contributed by atoms with Crippen molar-refractivity contribution in [3.63, 3.8) is 0 Å². The highest BCUT2D eigenvalue weighted by molar-refractivity contribution is 6.39. The van der Waals surface area contributed by atoms with E-state index in [9.17, 15) is 27.9 Å². The van der Waals surface area contributed by atoms with Crippen molar-refractivity contribution < 1.29 is 37.0 Å². The molecule has 1 aromatic carbocycles. The highest BCUT2D eigenvalue weighted by Gasteiger charge is 2.47. The number of hydrogen-bond donors (Lipinski definition) is 3. The highest BCUT2D eigenvalue weighted by atomic mass is 19.4. The number of carbonyl (C=O) groups excluding carboxylic acids is 2. The zero-order chi connectivity index (χ0) is 20.4. The average molecular weight is 398 g/mol. The molecule has 0 radical (unpaired) electrons. The van der Waals surface area contributed by atoms with Crippen LogP contribution in [0.4, 0.5) is 18.9 Å². The Bertz CT molecular complexity index is 832. The minimum absolute atomic E-state index is 0.0804. The molecule has 2 aromatic rings. The third kappa shape index (κ3) is 4.83. The first-order valence-electron chi connectivity index (χ1n) is 8.39. The molecule has 28 heavy (non-hydrogen) atoms. The summed E-state index contributed by atoms with van der Waals surface area (Å²) in [7, 11) is 0. The predicted octanol–water partition coefficient (Wildman–Crippen LogP) is 2.53. The van der Waals surface area contributed by atoms with Gasteiger partial charge in [-0.3, -0.25) is 9.59 Å². The van der Waals surface area contributed by atoms with Gasteiger partial charge in [0.15, 0.2) is 0 Å². The molecule has 2 amide bonds. The summed E-state index contributed by atoms with van der Waals surface area (Å²) in [6, 6.07) is 7.54. The van der Waals surface area contributed by atoms with Gasteiger partial charge in [-0.1, -0.05) is 0 Å². The van der Waals surface area contributed by atoms with E-state index in [1.165, 1.54) is 6.26 Å². The van der Waals surface area contributed by atoms with Gasteiger partial charge in [0.2, 0.25) is 0 Å². The number of carbonyl (C=O) groups is 2. The van der Waals surface area contributed by atoms with Crippen LogP contribution in [-0.2, 0) is 15.2 Å². The molecule has 1 atom stereocenters. The fraction of sp³-hybridized carbons (Fsp3) is 0.333. The van der Waals surface area contributed by atoms with Crippen LogP contribution in [-0.4, -0.2) is 29.8 Å². The van der Waals surface area contributed by atoms with E-state index >= 15 is 0 Å². The molecule has 0 spiro atoms. The summed E-state index contributed by atoms with van der Waals surface area (Å²) in [4.78, 5) is 24.0. The van der Waals surface area contributed by atoms with Crippen LogP contribution in [0, 0.1) is 5.92 Å². The van der Waals surface area contributed by atoms with Gasteiger partial charge in [-0.25, -0.2) is 0 Å². The molecule has 150 valence electrons. The van der Waals surface area contributed by atoms with E-state index in [1.807, 2.05) is 0 Å². The van der Waals surface area contributed by atoms with Gasteiger partial charge in [-0.2, -0.15) is 0 Å². The summed E-state index contributed by atoms with van der Waals surface area (Å²) in [6.45, 7) is -0.213. The number of ether oxygens (including phenoxy) is 1. The van der Waals surface area contributed by atoms with Crippen molar-refractivity contribution >= 4 is 17.5 Å². The first-order valence-corrected chi connectivity index (χ1v) is 8.39. The van der Waals surface area contributed by atoms with Gasteiger partial charge < -0.3 is 24.9 Å². The maximum Gasteiger partial charge on any atom is 0.573 e. The number of aliphatic hydroxyl groups is 1. The number of anilines is 1. The summed E-state index contributed by atoms with van der Waals surface area (Å²) < 4.78 is 45.4. The zero-order valence-electron chi connectivity index (χ0n) is 14.5. The highest BCUT2D eigenvalue weighted by Crippen LogP contribution is 2.45. The normalized spacial score (nSPS) is 16.1.